The Morgan fingerprint density at radius 2 is 1.86 bits per heavy atom. The van der Waals surface area contributed by atoms with E-state index in [0.29, 0.717) is 24.7 Å². The molecule has 0 saturated carbocycles. The van der Waals surface area contributed by atoms with Crippen LogP contribution in [0.5, 0.6) is 11.5 Å². The van der Waals surface area contributed by atoms with Crippen molar-refractivity contribution < 1.29 is 14.3 Å². The fraction of sp³-hybridized carbons (Fsp3) is 0.261. The highest BCUT2D eigenvalue weighted by atomic mass is 32.1. The van der Waals surface area contributed by atoms with E-state index in [1.54, 1.807) is 11.3 Å². The van der Waals surface area contributed by atoms with Gasteiger partial charge >= 0.3 is 0 Å². The van der Waals surface area contributed by atoms with Gasteiger partial charge in [-0.15, -0.1) is 11.3 Å². The summed E-state index contributed by atoms with van der Waals surface area (Å²) < 4.78 is 11.3. The second kappa shape index (κ2) is 9.11. The summed E-state index contributed by atoms with van der Waals surface area (Å²) in [7, 11) is 0. The lowest BCUT2D eigenvalue weighted by Crippen LogP contribution is -2.31. The molecule has 2 aromatic carbocycles. The lowest BCUT2D eigenvalue weighted by Gasteiger charge is -2.18. The average Bonchev–Trinajstić information content (AvgIpc) is 3.15. The minimum atomic E-state index is -0.104. The number of benzene rings is 2. The zero-order valence-corrected chi connectivity index (χ0v) is 17.1. The highest BCUT2D eigenvalue weighted by Crippen LogP contribution is 2.32. The normalized spacial score (nSPS) is 14.1. The van der Waals surface area contributed by atoms with Gasteiger partial charge in [0, 0.05) is 23.1 Å². The van der Waals surface area contributed by atoms with E-state index in [-0.39, 0.29) is 18.5 Å². The van der Waals surface area contributed by atoms with Gasteiger partial charge < -0.3 is 14.8 Å². The third-order valence-electron chi connectivity index (χ3n) is 4.74. The minimum Gasteiger partial charge on any atom is -0.490 e. The van der Waals surface area contributed by atoms with E-state index < -0.39 is 0 Å². The SMILES string of the molecule is Cc1ccc(C(NCC(=O)Nc2ccc3c(c2)OCCCO3)c2cccs2)cc1. The van der Waals surface area contributed by atoms with Gasteiger partial charge in [0.05, 0.1) is 25.8 Å². The van der Waals surface area contributed by atoms with Crippen LogP contribution in [0.15, 0.2) is 60.0 Å². The molecule has 3 aromatic rings. The Morgan fingerprint density at radius 3 is 2.62 bits per heavy atom. The Labute approximate surface area is 174 Å². The van der Waals surface area contributed by atoms with Gasteiger partial charge in [0.1, 0.15) is 0 Å². The van der Waals surface area contributed by atoms with Crippen molar-refractivity contribution in [3.05, 3.63) is 76.0 Å². The van der Waals surface area contributed by atoms with Gasteiger partial charge in [-0.3, -0.25) is 10.1 Å². The number of amides is 1. The van der Waals surface area contributed by atoms with Crippen molar-refractivity contribution in [1.29, 1.82) is 0 Å². The molecule has 0 bridgehead atoms. The molecule has 1 atom stereocenters. The second-order valence-electron chi connectivity index (χ2n) is 7.00. The predicted octanol–water partition coefficient (Wildman–Crippen LogP) is 4.54. The number of carbonyl (C=O) groups is 1. The maximum atomic E-state index is 12.6. The number of nitrogens with one attached hydrogen (secondary N) is 2. The fourth-order valence-electron chi connectivity index (χ4n) is 3.24. The van der Waals surface area contributed by atoms with Crippen molar-refractivity contribution in [3.8, 4) is 11.5 Å². The van der Waals surface area contributed by atoms with Crippen LogP contribution in [0.4, 0.5) is 5.69 Å². The molecule has 1 aromatic heterocycles. The van der Waals surface area contributed by atoms with Crippen LogP contribution in [0.2, 0.25) is 0 Å². The molecule has 150 valence electrons. The number of hydrogen-bond donors (Lipinski definition) is 2. The van der Waals surface area contributed by atoms with E-state index in [4.69, 9.17) is 9.47 Å². The first-order chi connectivity index (χ1) is 14.2. The number of aryl methyl sites for hydroxylation is 1. The molecule has 29 heavy (non-hydrogen) atoms. The van der Waals surface area contributed by atoms with Crippen molar-refractivity contribution in [3.63, 3.8) is 0 Å². The third-order valence-corrected chi connectivity index (χ3v) is 5.67. The number of rotatable bonds is 6. The minimum absolute atomic E-state index is 0.0230. The number of thiophene rings is 1. The maximum Gasteiger partial charge on any atom is 0.238 e. The van der Waals surface area contributed by atoms with E-state index in [9.17, 15) is 4.79 Å². The Morgan fingerprint density at radius 1 is 1.07 bits per heavy atom. The molecule has 6 heteroatoms. The summed E-state index contributed by atoms with van der Waals surface area (Å²) in [5, 5.41) is 8.38. The lowest BCUT2D eigenvalue weighted by molar-refractivity contribution is -0.115. The van der Waals surface area contributed by atoms with E-state index in [1.807, 2.05) is 24.3 Å². The molecule has 1 unspecified atom stereocenters. The van der Waals surface area contributed by atoms with E-state index in [0.717, 1.165) is 17.7 Å². The van der Waals surface area contributed by atoms with E-state index in [2.05, 4.69) is 53.3 Å². The zero-order chi connectivity index (χ0) is 20.1. The molecule has 1 amide bonds. The van der Waals surface area contributed by atoms with Crippen molar-refractivity contribution in [1.82, 2.24) is 5.32 Å². The van der Waals surface area contributed by atoms with Crippen LogP contribution in [0.3, 0.4) is 0 Å². The quantitative estimate of drug-likeness (QED) is 0.629. The molecule has 2 N–H and O–H groups in total. The summed E-state index contributed by atoms with van der Waals surface area (Å²) in [4.78, 5) is 13.7. The standard InChI is InChI=1S/C23H24N2O3S/c1-16-5-7-17(8-6-16)23(21-4-2-13-29-21)24-15-22(26)25-18-9-10-19-20(14-18)28-12-3-11-27-19/h2,4-10,13-14,23-24H,3,11-12,15H2,1H3,(H,25,26). The van der Waals surface area contributed by atoms with Crippen LogP contribution >= 0.6 is 11.3 Å². The first-order valence-corrected chi connectivity index (χ1v) is 10.6. The van der Waals surface area contributed by atoms with E-state index >= 15 is 0 Å². The Balaban J connectivity index is 1.42. The predicted molar refractivity (Wildman–Crippen MR) is 116 cm³/mol. The van der Waals surface area contributed by atoms with Gasteiger partial charge in [0.2, 0.25) is 5.91 Å². The highest BCUT2D eigenvalue weighted by molar-refractivity contribution is 7.10. The molecule has 0 aliphatic carbocycles. The van der Waals surface area contributed by atoms with Crippen molar-refractivity contribution >= 4 is 22.9 Å². The van der Waals surface area contributed by atoms with Crippen LogP contribution in [0, 0.1) is 6.92 Å². The molecule has 1 aliphatic rings. The number of carbonyl (C=O) groups excluding carboxylic acids is 1. The number of hydrogen-bond acceptors (Lipinski definition) is 5. The molecule has 5 nitrogen and oxygen atoms in total. The zero-order valence-electron chi connectivity index (χ0n) is 16.3. The largest absolute Gasteiger partial charge is 0.490 e. The summed E-state index contributed by atoms with van der Waals surface area (Å²) in [5.41, 5.74) is 3.05. The average molecular weight is 409 g/mol. The highest BCUT2D eigenvalue weighted by Gasteiger charge is 2.17. The van der Waals surface area contributed by atoms with Crippen molar-refractivity contribution in [2.24, 2.45) is 0 Å². The van der Waals surface area contributed by atoms with Crippen LogP contribution in [-0.2, 0) is 4.79 Å². The molecule has 0 radical (unpaired) electrons. The lowest BCUT2D eigenvalue weighted by atomic mass is 10.0. The molecule has 1 aliphatic heterocycles. The molecule has 4 rings (SSSR count). The summed E-state index contributed by atoms with van der Waals surface area (Å²) in [6, 6.07) is 18.0. The molecule has 0 spiro atoms. The van der Waals surface area contributed by atoms with Gasteiger partial charge in [-0.1, -0.05) is 35.9 Å². The van der Waals surface area contributed by atoms with Gasteiger partial charge in [0.15, 0.2) is 11.5 Å². The van der Waals surface area contributed by atoms with Crippen LogP contribution in [-0.4, -0.2) is 25.7 Å². The molecular weight excluding hydrogens is 384 g/mol. The molecular formula is C23H24N2O3S. The monoisotopic (exact) mass is 408 g/mol. The fourth-order valence-corrected chi connectivity index (χ4v) is 4.07. The Hall–Kier alpha value is -2.83. The first kappa shape index (κ1) is 19.5. The second-order valence-corrected chi connectivity index (χ2v) is 7.98. The molecule has 0 saturated heterocycles. The van der Waals surface area contributed by atoms with Gasteiger partial charge in [0.25, 0.3) is 0 Å². The smallest absolute Gasteiger partial charge is 0.238 e. The summed E-state index contributed by atoms with van der Waals surface area (Å²) in [6.07, 6.45) is 0.851. The first-order valence-electron chi connectivity index (χ1n) is 9.72. The Kier molecular flexibility index (Phi) is 6.12. The summed E-state index contributed by atoms with van der Waals surface area (Å²) in [6.45, 7) is 3.53. The summed E-state index contributed by atoms with van der Waals surface area (Å²) in [5.74, 6) is 1.29. The van der Waals surface area contributed by atoms with Gasteiger partial charge in [-0.25, -0.2) is 0 Å². The van der Waals surface area contributed by atoms with Crippen LogP contribution in [0.25, 0.3) is 0 Å². The van der Waals surface area contributed by atoms with Crippen LogP contribution < -0.4 is 20.1 Å². The van der Waals surface area contributed by atoms with Crippen molar-refractivity contribution in [2.75, 3.05) is 25.1 Å². The van der Waals surface area contributed by atoms with Gasteiger partial charge in [-0.05, 0) is 36.1 Å². The molecule has 0 fully saturated rings. The number of fused-ring (bicyclic) bond motifs is 1. The Bertz CT molecular complexity index is 955. The maximum absolute atomic E-state index is 12.6. The van der Waals surface area contributed by atoms with E-state index in [1.165, 1.54) is 10.4 Å². The number of anilines is 1. The summed E-state index contributed by atoms with van der Waals surface area (Å²) >= 11 is 1.68. The third kappa shape index (κ3) is 4.96. The van der Waals surface area contributed by atoms with Gasteiger partial charge in [-0.2, -0.15) is 0 Å². The van der Waals surface area contributed by atoms with Crippen LogP contribution in [0.1, 0.15) is 28.5 Å². The topological polar surface area (TPSA) is 59.6 Å². The molecule has 2 heterocycles. The number of ether oxygens (including phenoxy) is 2. The van der Waals surface area contributed by atoms with Crippen molar-refractivity contribution in [2.45, 2.75) is 19.4 Å².